The number of benzene rings is 2. The Balaban J connectivity index is 1.01. The molecule has 1 heteroatoms. The van der Waals surface area contributed by atoms with Crippen molar-refractivity contribution in [3.63, 3.8) is 0 Å². The Hall–Kier alpha value is -4.75. The van der Waals surface area contributed by atoms with E-state index in [1.807, 2.05) is 0 Å². The minimum absolute atomic E-state index is 0.244. The summed E-state index contributed by atoms with van der Waals surface area (Å²) in [5.41, 5.74) is 20.7. The van der Waals surface area contributed by atoms with Gasteiger partial charge in [-0.3, -0.25) is 4.99 Å². The zero-order valence-corrected chi connectivity index (χ0v) is 27.8. The van der Waals surface area contributed by atoms with Crippen LogP contribution in [-0.2, 0) is 19.3 Å². The molecule has 0 radical (unpaired) electrons. The zero-order valence-electron chi connectivity index (χ0n) is 27.8. The van der Waals surface area contributed by atoms with E-state index in [9.17, 15) is 0 Å². The molecular weight excluding hydrogens is 579 g/mol. The number of aryl methyl sites for hydroxylation is 1. The predicted molar refractivity (Wildman–Crippen MR) is 202 cm³/mol. The molecule has 2 aromatic carbocycles. The molecule has 8 aliphatic rings. The van der Waals surface area contributed by atoms with Gasteiger partial charge in [0.2, 0.25) is 0 Å². The van der Waals surface area contributed by atoms with E-state index in [1.165, 1.54) is 61.4 Å². The Bertz CT molecular complexity index is 2170. The summed E-state index contributed by atoms with van der Waals surface area (Å²) < 4.78 is 0. The summed E-state index contributed by atoms with van der Waals surface area (Å²) in [4.78, 5) is 5.51. The molecule has 0 bridgehead atoms. The molecule has 10 rings (SSSR count). The highest BCUT2D eigenvalue weighted by molar-refractivity contribution is 6.02. The third-order valence-electron chi connectivity index (χ3n) is 12.1. The molecule has 1 nitrogen and oxygen atoms in total. The Morgan fingerprint density at radius 2 is 1.77 bits per heavy atom. The molecule has 0 amide bonds. The van der Waals surface area contributed by atoms with Crippen LogP contribution in [0.1, 0.15) is 71.0 Å². The quantitative estimate of drug-likeness (QED) is 0.303. The highest BCUT2D eigenvalue weighted by Crippen LogP contribution is 2.51. The molecule has 5 unspecified atom stereocenters. The number of aliphatic imine (C=N–C) groups is 1. The second kappa shape index (κ2) is 10.9. The molecule has 1 aliphatic heterocycles. The van der Waals surface area contributed by atoms with Crippen LogP contribution in [0.25, 0.3) is 17.2 Å². The van der Waals surface area contributed by atoms with Gasteiger partial charge < -0.3 is 0 Å². The number of hydrogen-bond donors (Lipinski definition) is 0. The van der Waals surface area contributed by atoms with Crippen LogP contribution in [0.2, 0.25) is 0 Å². The van der Waals surface area contributed by atoms with Crippen molar-refractivity contribution < 1.29 is 0 Å². The van der Waals surface area contributed by atoms with Crippen LogP contribution < -0.4 is 0 Å². The standard InChI is InChI=1S/C47H41N/c1-28-7-5-10-34(25-28)35-17-15-32-16-18-36-27-43(48-47(36)44(32)29(2)26-35)41-24-23-39(37-11-3-4-12-38(37)41)40-21-19-33-14-13-30-8-6-9-31-20-22-42(40)46(33)45(30)31/h3-6,8,10-14,16,18-21,23-26,28,30,38,41,45H,2,7,9,15,17,22,27H2,1H3. The van der Waals surface area contributed by atoms with Crippen LogP contribution in [0.5, 0.6) is 0 Å². The van der Waals surface area contributed by atoms with Crippen molar-refractivity contribution in [3.05, 3.63) is 177 Å². The van der Waals surface area contributed by atoms with Crippen molar-refractivity contribution in [2.24, 2.45) is 28.7 Å². The van der Waals surface area contributed by atoms with Crippen LogP contribution in [0, 0.1) is 23.7 Å². The minimum Gasteiger partial charge on any atom is -0.256 e. The van der Waals surface area contributed by atoms with Crippen molar-refractivity contribution in [1.29, 1.82) is 0 Å². The van der Waals surface area contributed by atoms with Crippen molar-refractivity contribution in [1.82, 2.24) is 0 Å². The van der Waals surface area contributed by atoms with Crippen molar-refractivity contribution >= 4 is 28.6 Å². The highest BCUT2D eigenvalue weighted by atomic mass is 14.8. The van der Waals surface area contributed by atoms with Crippen molar-refractivity contribution in [2.75, 3.05) is 0 Å². The lowest BCUT2D eigenvalue weighted by molar-refractivity contribution is 0.614. The van der Waals surface area contributed by atoms with Gasteiger partial charge in [0.25, 0.3) is 0 Å². The molecule has 0 saturated heterocycles. The Labute approximate surface area is 285 Å². The summed E-state index contributed by atoms with van der Waals surface area (Å²) >= 11 is 0. The first kappa shape index (κ1) is 28.3. The normalized spacial score (nSPS) is 28.6. The average molecular weight is 620 g/mol. The van der Waals surface area contributed by atoms with Crippen LogP contribution >= 0.6 is 0 Å². The molecule has 0 saturated carbocycles. The monoisotopic (exact) mass is 619 g/mol. The van der Waals surface area contributed by atoms with Gasteiger partial charge in [-0.25, -0.2) is 0 Å². The maximum atomic E-state index is 5.51. The maximum Gasteiger partial charge on any atom is 0.0746 e. The summed E-state index contributed by atoms with van der Waals surface area (Å²) in [6.07, 6.45) is 41.9. The van der Waals surface area contributed by atoms with E-state index < -0.39 is 0 Å². The van der Waals surface area contributed by atoms with Gasteiger partial charge in [-0.05, 0) is 99.3 Å². The van der Waals surface area contributed by atoms with Gasteiger partial charge in [0.15, 0.2) is 0 Å². The van der Waals surface area contributed by atoms with Crippen LogP contribution in [-0.4, -0.2) is 5.71 Å². The molecule has 234 valence electrons. The molecule has 2 aromatic rings. The van der Waals surface area contributed by atoms with E-state index in [4.69, 9.17) is 4.99 Å². The minimum atomic E-state index is 0.244. The lowest BCUT2D eigenvalue weighted by Gasteiger charge is -2.39. The number of fused-ring (bicyclic) bond motifs is 4. The van der Waals surface area contributed by atoms with E-state index in [1.54, 1.807) is 11.1 Å². The second-order valence-corrected chi connectivity index (χ2v) is 15.0. The lowest BCUT2D eigenvalue weighted by Crippen LogP contribution is -2.27. The molecule has 0 N–H and O–H groups in total. The van der Waals surface area contributed by atoms with Crippen molar-refractivity contribution in [2.45, 2.75) is 51.4 Å². The lowest BCUT2D eigenvalue weighted by atomic mass is 9.65. The molecule has 7 aliphatic carbocycles. The fourth-order valence-corrected chi connectivity index (χ4v) is 9.83. The highest BCUT2D eigenvalue weighted by Gasteiger charge is 2.37. The van der Waals surface area contributed by atoms with Gasteiger partial charge in [0, 0.05) is 41.4 Å². The molecular formula is C47H41N. The summed E-state index contributed by atoms with van der Waals surface area (Å²) in [6, 6.07) is 9.48. The molecule has 0 fully saturated rings. The van der Waals surface area contributed by atoms with Gasteiger partial charge in [-0.15, -0.1) is 0 Å². The van der Waals surface area contributed by atoms with Gasteiger partial charge >= 0.3 is 0 Å². The summed E-state index contributed by atoms with van der Waals surface area (Å²) in [5, 5.41) is 0. The third-order valence-corrected chi connectivity index (χ3v) is 12.1. The van der Waals surface area contributed by atoms with Crippen LogP contribution in [0.3, 0.4) is 0 Å². The van der Waals surface area contributed by atoms with E-state index in [2.05, 4.69) is 129 Å². The first-order chi connectivity index (χ1) is 23.6. The molecule has 0 aromatic heterocycles. The third kappa shape index (κ3) is 4.33. The summed E-state index contributed by atoms with van der Waals surface area (Å²) in [6.45, 7) is 6.94. The van der Waals surface area contributed by atoms with E-state index in [0.29, 0.717) is 17.8 Å². The Morgan fingerprint density at radius 1 is 0.833 bits per heavy atom. The topological polar surface area (TPSA) is 12.4 Å². The van der Waals surface area contributed by atoms with Gasteiger partial charge in [0.1, 0.15) is 0 Å². The summed E-state index contributed by atoms with van der Waals surface area (Å²) in [7, 11) is 0. The van der Waals surface area contributed by atoms with Gasteiger partial charge in [-0.1, -0.05) is 134 Å². The SMILES string of the molecule is C=C1C=C(C2=CC(C)CC=C2)CCc2ccc3c(c21)N=C(C1C=CC(c2ccc4c5c2CC=C2CC=CC(C=C4)C25)=C2C=CC=CC21)C3. The fraction of sp³-hybridized carbons (Fsp3) is 0.255. The maximum absolute atomic E-state index is 5.51. The average Bonchev–Trinajstić information content (AvgIpc) is 3.47. The number of allylic oxidation sites excluding steroid dienone is 20. The van der Waals surface area contributed by atoms with Gasteiger partial charge in [0.05, 0.1) is 5.69 Å². The fourth-order valence-electron chi connectivity index (χ4n) is 9.83. The van der Waals surface area contributed by atoms with E-state index in [0.717, 1.165) is 49.8 Å². The van der Waals surface area contributed by atoms with E-state index in [-0.39, 0.29) is 11.8 Å². The molecule has 48 heavy (non-hydrogen) atoms. The second-order valence-electron chi connectivity index (χ2n) is 15.0. The largest absolute Gasteiger partial charge is 0.256 e. The molecule has 5 atom stereocenters. The predicted octanol–water partition coefficient (Wildman–Crippen LogP) is 11.3. The van der Waals surface area contributed by atoms with Gasteiger partial charge in [-0.2, -0.15) is 0 Å². The van der Waals surface area contributed by atoms with Crippen LogP contribution in [0.4, 0.5) is 5.69 Å². The summed E-state index contributed by atoms with van der Waals surface area (Å²) in [5.74, 6) is 2.11. The Morgan fingerprint density at radius 3 is 2.71 bits per heavy atom. The molecule has 0 spiro atoms. The number of nitrogens with zero attached hydrogens (tertiary/aromatic N) is 1. The Kier molecular flexibility index (Phi) is 6.42. The zero-order chi connectivity index (χ0) is 31.9. The van der Waals surface area contributed by atoms with Crippen molar-refractivity contribution in [3.8, 4) is 0 Å². The molecule has 1 heterocycles. The first-order valence-corrected chi connectivity index (χ1v) is 18.1. The smallest absolute Gasteiger partial charge is 0.0746 e. The first-order valence-electron chi connectivity index (χ1n) is 18.1. The number of hydrogen-bond acceptors (Lipinski definition) is 1. The number of rotatable bonds is 3. The van der Waals surface area contributed by atoms with E-state index >= 15 is 0 Å². The van der Waals surface area contributed by atoms with Crippen LogP contribution in [0.15, 0.2) is 143 Å².